The molecule has 30 heavy (non-hydrogen) atoms. The first-order chi connectivity index (χ1) is 13.9. The van der Waals surface area contributed by atoms with Gasteiger partial charge in [0.2, 0.25) is 0 Å². The molecule has 0 aromatic heterocycles. The van der Waals surface area contributed by atoms with Crippen LogP contribution in [0.15, 0.2) is 47.4 Å². The van der Waals surface area contributed by atoms with Gasteiger partial charge in [-0.25, -0.2) is 13.2 Å². The average Bonchev–Trinajstić information content (AvgIpc) is 2.64. The molecule has 2 rings (SSSR count). The first kappa shape index (κ1) is 23.3. The van der Waals surface area contributed by atoms with Crippen LogP contribution in [0.4, 0.5) is 18.9 Å². The number of aliphatic carboxylic acids is 1. The Morgan fingerprint density at radius 1 is 1.13 bits per heavy atom. The van der Waals surface area contributed by atoms with Gasteiger partial charge in [0.1, 0.15) is 12.3 Å². The van der Waals surface area contributed by atoms with Gasteiger partial charge in [-0.1, -0.05) is 23.7 Å². The third kappa shape index (κ3) is 6.52. The lowest BCUT2D eigenvalue weighted by molar-refractivity contribution is -0.139. The molecule has 1 amide bonds. The second-order valence-electron chi connectivity index (χ2n) is 5.72. The number of amides is 1. The molecule has 0 aliphatic heterocycles. The second kappa shape index (κ2) is 9.22. The fourth-order valence-corrected chi connectivity index (χ4v) is 3.56. The lowest BCUT2D eigenvalue weighted by Crippen LogP contribution is -2.34. The summed E-state index contributed by atoms with van der Waals surface area (Å²) in [6.07, 6.45) is -4.63. The Kier molecular flexibility index (Phi) is 7.16. The molecule has 8 nitrogen and oxygen atoms in total. The highest BCUT2D eigenvalue weighted by molar-refractivity contribution is 7.92. The third-order valence-corrected chi connectivity index (χ3v) is 5.09. The molecule has 2 aromatic rings. The summed E-state index contributed by atoms with van der Waals surface area (Å²) < 4.78 is 69.2. The SMILES string of the molecule is O=C(O)COc1ccc(S(=O)(=O)Nc2ccccc2C(=O)NCC(F)(F)F)cc1Cl. The van der Waals surface area contributed by atoms with E-state index in [0.717, 1.165) is 24.3 Å². The Hall–Kier alpha value is -2.99. The summed E-state index contributed by atoms with van der Waals surface area (Å²) in [6, 6.07) is 8.30. The maximum absolute atomic E-state index is 12.6. The zero-order valence-electron chi connectivity index (χ0n) is 14.9. The van der Waals surface area contributed by atoms with E-state index in [-0.39, 0.29) is 26.9 Å². The Balaban J connectivity index is 2.24. The highest BCUT2D eigenvalue weighted by Gasteiger charge is 2.28. The summed E-state index contributed by atoms with van der Waals surface area (Å²) in [7, 11) is -4.29. The van der Waals surface area contributed by atoms with E-state index in [1.165, 1.54) is 18.2 Å². The number of anilines is 1. The zero-order valence-corrected chi connectivity index (χ0v) is 16.4. The number of carbonyl (C=O) groups excluding carboxylic acids is 1. The third-order valence-electron chi connectivity index (χ3n) is 3.43. The highest BCUT2D eigenvalue weighted by Crippen LogP contribution is 2.29. The molecule has 3 N–H and O–H groups in total. The molecule has 162 valence electrons. The number of hydrogen-bond donors (Lipinski definition) is 3. The predicted octanol–water partition coefficient (Wildman–Crippen LogP) is 2.90. The fraction of sp³-hybridized carbons (Fsp3) is 0.176. The number of carboxylic acid groups (broad SMARTS) is 1. The van der Waals surface area contributed by atoms with Gasteiger partial charge in [0.05, 0.1) is 21.2 Å². The van der Waals surface area contributed by atoms with Gasteiger partial charge in [0, 0.05) is 0 Å². The number of hydrogen-bond acceptors (Lipinski definition) is 5. The van der Waals surface area contributed by atoms with Gasteiger partial charge in [-0.2, -0.15) is 13.2 Å². The van der Waals surface area contributed by atoms with Crippen molar-refractivity contribution in [1.29, 1.82) is 0 Å². The number of benzene rings is 2. The number of carbonyl (C=O) groups is 2. The van der Waals surface area contributed by atoms with E-state index >= 15 is 0 Å². The van der Waals surface area contributed by atoms with Crippen molar-refractivity contribution >= 4 is 39.2 Å². The van der Waals surface area contributed by atoms with Gasteiger partial charge in [-0.15, -0.1) is 0 Å². The largest absolute Gasteiger partial charge is 0.480 e. The van der Waals surface area contributed by atoms with E-state index in [9.17, 15) is 31.2 Å². The second-order valence-corrected chi connectivity index (χ2v) is 7.81. The van der Waals surface area contributed by atoms with Crippen molar-refractivity contribution in [3.05, 3.63) is 53.1 Å². The molecule has 2 aromatic carbocycles. The van der Waals surface area contributed by atoms with Crippen molar-refractivity contribution in [3.8, 4) is 5.75 Å². The molecule has 0 saturated heterocycles. The van der Waals surface area contributed by atoms with Crippen LogP contribution in [-0.4, -0.2) is 44.7 Å². The molecule has 13 heteroatoms. The smallest absolute Gasteiger partial charge is 0.405 e. The number of para-hydroxylation sites is 1. The average molecular weight is 467 g/mol. The van der Waals surface area contributed by atoms with Crippen LogP contribution in [-0.2, 0) is 14.8 Å². The minimum absolute atomic E-state index is 0.0649. The van der Waals surface area contributed by atoms with E-state index in [4.69, 9.17) is 21.4 Å². The molecule has 0 radical (unpaired) electrons. The summed E-state index contributed by atoms with van der Waals surface area (Å²) in [6.45, 7) is -2.27. The molecule has 0 unspecified atom stereocenters. The van der Waals surface area contributed by atoms with Crippen LogP contribution in [0.25, 0.3) is 0 Å². The lowest BCUT2D eigenvalue weighted by atomic mass is 10.1. The molecule has 0 bridgehead atoms. The van der Waals surface area contributed by atoms with Gasteiger partial charge in [0.25, 0.3) is 15.9 Å². The van der Waals surface area contributed by atoms with E-state index < -0.39 is 41.2 Å². The predicted molar refractivity (Wildman–Crippen MR) is 100 cm³/mol. The Morgan fingerprint density at radius 2 is 1.80 bits per heavy atom. The summed E-state index contributed by atoms with van der Waals surface area (Å²) in [5.41, 5.74) is -0.572. The zero-order chi connectivity index (χ0) is 22.5. The summed E-state index contributed by atoms with van der Waals surface area (Å²) in [5.74, 6) is -2.45. The van der Waals surface area contributed by atoms with Crippen LogP contribution < -0.4 is 14.8 Å². The van der Waals surface area contributed by atoms with Crippen molar-refractivity contribution in [1.82, 2.24) is 5.32 Å². The van der Waals surface area contributed by atoms with Crippen molar-refractivity contribution < 1.29 is 41.0 Å². The highest BCUT2D eigenvalue weighted by atomic mass is 35.5. The van der Waals surface area contributed by atoms with E-state index in [2.05, 4.69) is 4.72 Å². The Labute approximate surface area is 173 Å². The number of nitrogens with one attached hydrogen (secondary N) is 2. The topological polar surface area (TPSA) is 122 Å². The molecule has 0 aliphatic rings. The molecule has 0 heterocycles. The number of ether oxygens (including phenoxy) is 1. The number of halogens is 4. The maximum atomic E-state index is 12.6. The molecule has 0 fully saturated rings. The molecule has 0 spiro atoms. The first-order valence-electron chi connectivity index (χ1n) is 8.00. The van der Waals surface area contributed by atoms with Crippen LogP contribution in [0.3, 0.4) is 0 Å². The van der Waals surface area contributed by atoms with Gasteiger partial charge in [0.15, 0.2) is 6.61 Å². The summed E-state index contributed by atoms with van der Waals surface area (Å²) in [4.78, 5) is 22.2. The quantitative estimate of drug-likeness (QED) is 0.550. The van der Waals surface area contributed by atoms with E-state index in [0.29, 0.717) is 0 Å². The van der Waals surface area contributed by atoms with Crippen LogP contribution in [0, 0.1) is 0 Å². The van der Waals surface area contributed by atoms with Crippen LogP contribution in [0.5, 0.6) is 5.75 Å². The van der Waals surface area contributed by atoms with Crippen molar-refractivity contribution in [2.75, 3.05) is 17.9 Å². The Bertz CT molecular complexity index is 1060. The number of sulfonamides is 1. The van der Waals surface area contributed by atoms with E-state index in [1.807, 2.05) is 0 Å². The van der Waals surface area contributed by atoms with Crippen molar-refractivity contribution in [2.45, 2.75) is 11.1 Å². The molecule has 0 aliphatic carbocycles. The minimum Gasteiger partial charge on any atom is -0.480 e. The van der Waals surface area contributed by atoms with Crippen LogP contribution in [0.1, 0.15) is 10.4 Å². The van der Waals surface area contributed by atoms with Crippen LogP contribution in [0.2, 0.25) is 5.02 Å². The van der Waals surface area contributed by atoms with Gasteiger partial charge in [-0.05, 0) is 30.3 Å². The summed E-state index contributed by atoms with van der Waals surface area (Å²) in [5, 5.41) is 10.1. The monoisotopic (exact) mass is 466 g/mol. The van der Waals surface area contributed by atoms with Gasteiger partial charge < -0.3 is 15.2 Å². The van der Waals surface area contributed by atoms with Crippen molar-refractivity contribution in [3.63, 3.8) is 0 Å². The summed E-state index contributed by atoms with van der Waals surface area (Å²) >= 11 is 5.91. The standard InChI is InChI=1S/C17H14ClF3N2O6S/c18-12-7-10(5-6-14(12)29-8-15(24)25)30(27,28)23-13-4-2-1-3-11(13)16(26)22-9-17(19,20)21/h1-7,23H,8-9H2,(H,22,26)(H,24,25). The maximum Gasteiger partial charge on any atom is 0.405 e. The van der Waals surface area contributed by atoms with Crippen LogP contribution >= 0.6 is 11.6 Å². The molecular formula is C17H14ClF3N2O6S. The molecular weight excluding hydrogens is 453 g/mol. The molecule has 0 atom stereocenters. The normalized spacial score (nSPS) is 11.6. The van der Waals surface area contributed by atoms with Gasteiger partial charge in [-0.3, -0.25) is 9.52 Å². The Morgan fingerprint density at radius 3 is 2.40 bits per heavy atom. The number of rotatable bonds is 8. The lowest BCUT2D eigenvalue weighted by Gasteiger charge is -2.14. The number of carboxylic acids is 1. The van der Waals surface area contributed by atoms with E-state index in [1.54, 1.807) is 5.32 Å². The first-order valence-corrected chi connectivity index (χ1v) is 9.86. The van der Waals surface area contributed by atoms with Gasteiger partial charge >= 0.3 is 12.1 Å². The fourth-order valence-electron chi connectivity index (χ4n) is 2.15. The number of alkyl halides is 3. The van der Waals surface area contributed by atoms with Crippen molar-refractivity contribution in [2.24, 2.45) is 0 Å². The minimum atomic E-state index is -4.63. The molecule has 0 saturated carbocycles.